The number of hydrogen-bond acceptors (Lipinski definition) is 3. The van der Waals surface area contributed by atoms with E-state index in [1.54, 1.807) is 24.3 Å². The number of amides is 3. The van der Waals surface area contributed by atoms with Crippen LogP contribution in [0.1, 0.15) is 31.4 Å². The van der Waals surface area contributed by atoms with Gasteiger partial charge in [-0.1, -0.05) is 31.2 Å². The first-order valence-corrected chi connectivity index (χ1v) is 9.47. The Kier molecular flexibility index (Phi) is 5.78. The quantitative estimate of drug-likeness (QED) is 0.715. The third-order valence-electron chi connectivity index (χ3n) is 4.90. The molecule has 6 heteroatoms. The van der Waals surface area contributed by atoms with E-state index in [4.69, 9.17) is 0 Å². The number of para-hydroxylation sites is 1. The summed E-state index contributed by atoms with van der Waals surface area (Å²) in [5, 5.41) is 8.51. The van der Waals surface area contributed by atoms with E-state index in [1.807, 2.05) is 32.0 Å². The zero-order valence-electron chi connectivity index (χ0n) is 16.3. The maximum atomic E-state index is 12.6. The molecule has 2 aromatic rings. The lowest BCUT2D eigenvalue weighted by Gasteiger charge is -2.13. The highest BCUT2D eigenvalue weighted by Gasteiger charge is 2.48. The van der Waals surface area contributed by atoms with Crippen molar-refractivity contribution in [2.75, 3.05) is 16.0 Å². The van der Waals surface area contributed by atoms with Crippen LogP contribution in [-0.4, -0.2) is 17.7 Å². The molecule has 0 aliphatic heterocycles. The fourth-order valence-electron chi connectivity index (χ4n) is 3.31. The van der Waals surface area contributed by atoms with Crippen molar-refractivity contribution in [3.05, 3.63) is 53.6 Å². The maximum absolute atomic E-state index is 12.6. The van der Waals surface area contributed by atoms with Crippen LogP contribution in [0.25, 0.3) is 0 Å². The summed E-state index contributed by atoms with van der Waals surface area (Å²) in [6, 6.07) is 12.9. The lowest BCUT2D eigenvalue weighted by Crippen LogP contribution is -2.21. The van der Waals surface area contributed by atoms with E-state index in [-0.39, 0.29) is 29.6 Å². The van der Waals surface area contributed by atoms with Crippen molar-refractivity contribution >= 4 is 34.8 Å². The summed E-state index contributed by atoms with van der Waals surface area (Å²) in [6.07, 6.45) is 1.37. The number of benzene rings is 2. The summed E-state index contributed by atoms with van der Waals surface area (Å²) in [4.78, 5) is 36.2. The van der Waals surface area contributed by atoms with Gasteiger partial charge in [-0.3, -0.25) is 14.4 Å². The first-order chi connectivity index (χ1) is 13.4. The van der Waals surface area contributed by atoms with Crippen LogP contribution in [0.2, 0.25) is 0 Å². The van der Waals surface area contributed by atoms with E-state index < -0.39 is 0 Å². The molecule has 1 saturated carbocycles. The van der Waals surface area contributed by atoms with Gasteiger partial charge in [0.05, 0.1) is 11.8 Å². The van der Waals surface area contributed by atoms with Crippen LogP contribution in [-0.2, 0) is 20.8 Å². The van der Waals surface area contributed by atoms with Gasteiger partial charge in [-0.2, -0.15) is 0 Å². The first-order valence-electron chi connectivity index (χ1n) is 9.47. The van der Waals surface area contributed by atoms with Gasteiger partial charge in [-0.25, -0.2) is 0 Å². The summed E-state index contributed by atoms with van der Waals surface area (Å²) in [5.41, 5.74) is 4.16. The number of aryl methyl sites for hydroxylation is 2. The van der Waals surface area contributed by atoms with Gasteiger partial charge >= 0.3 is 0 Å². The van der Waals surface area contributed by atoms with E-state index in [1.165, 1.54) is 6.92 Å². The van der Waals surface area contributed by atoms with E-state index in [0.29, 0.717) is 17.8 Å². The van der Waals surface area contributed by atoms with Gasteiger partial charge in [-0.05, 0) is 49.1 Å². The Balaban J connectivity index is 1.60. The molecule has 2 atom stereocenters. The summed E-state index contributed by atoms with van der Waals surface area (Å²) < 4.78 is 0. The molecule has 0 heterocycles. The van der Waals surface area contributed by atoms with Gasteiger partial charge in [0.15, 0.2) is 0 Å². The molecule has 146 valence electrons. The number of anilines is 3. The highest BCUT2D eigenvalue weighted by Crippen LogP contribution is 2.40. The Morgan fingerprint density at radius 3 is 2.18 bits per heavy atom. The van der Waals surface area contributed by atoms with E-state index in [0.717, 1.165) is 23.2 Å². The van der Waals surface area contributed by atoms with Crippen molar-refractivity contribution in [3.8, 4) is 0 Å². The smallest absolute Gasteiger partial charge is 0.228 e. The molecule has 0 spiro atoms. The minimum Gasteiger partial charge on any atom is -0.326 e. The zero-order valence-corrected chi connectivity index (χ0v) is 16.3. The topological polar surface area (TPSA) is 87.3 Å². The molecule has 6 nitrogen and oxygen atoms in total. The Bertz CT molecular complexity index is 923. The van der Waals surface area contributed by atoms with Crippen LogP contribution in [0.3, 0.4) is 0 Å². The zero-order chi connectivity index (χ0) is 20.3. The molecule has 0 saturated heterocycles. The molecule has 2 unspecified atom stereocenters. The van der Waals surface area contributed by atoms with Crippen LogP contribution in [0.15, 0.2) is 42.5 Å². The summed E-state index contributed by atoms with van der Waals surface area (Å²) in [5.74, 6) is -1.12. The predicted molar refractivity (Wildman–Crippen MR) is 110 cm³/mol. The number of carbonyl (C=O) groups is 3. The summed E-state index contributed by atoms with van der Waals surface area (Å²) in [6.45, 7) is 5.44. The lowest BCUT2D eigenvalue weighted by atomic mass is 10.1. The standard InChI is InChI=1S/C22H25N3O3/c1-4-15-8-5-7-13(2)20(15)25-22(28)19-12-18(19)21(27)24-17-10-6-9-16(11-17)23-14(3)26/h5-11,18-19H,4,12H2,1-3H3,(H,23,26)(H,24,27)(H,25,28). The molecule has 0 bridgehead atoms. The summed E-state index contributed by atoms with van der Waals surface area (Å²) >= 11 is 0. The van der Waals surface area contributed by atoms with Crippen LogP contribution in [0.5, 0.6) is 0 Å². The molecule has 0 aromatic heterocycles. The fourth-order valence-corrected chi connectivity index (χ4v) is 3.31. The van der Waals surface area contributed by atoms with Crippen LogP contribution >= 0.6 is 0 Å². The van der Waals surface area contributed by atoms with Crippen LogP contribution in [0.4, 0.5) is 17.1 Å². The highest BCUT2D eigenvalue weighted by molar-refractivity contribution is 6.04. The average molecular weight is 379 g/mol. The molecule has 0 radical (unpaired) electrons. The minimum atomic E-state index is -0.335. The number of rotatable bonds is 6. The maximum Gasteiger partial charge on any atom is 0.228 e. The number of hydrogen-bond donors (Lipinski definition) is 3. The third-order valence-corrected chi connectivity index (χ3v) is 4.90. The molecule has 3 amide bonds. The van der Waals surface area contributed by atoms with Crippen molar-refractivity contribution in [2.45, 2.75) is 33.6 Å². The highest BCUT2D eigenvalue weighted by atomic mass is 16.2. The molecule has 3 N–H and O–H groups in total. The molecule has 3 rings (SSSR count). The molecule has 2 aromatic carbocycles. The van der Waals surface area contributed by atoms with Gasteiger partial charge in [0.2, 0.25) is 17.7 Å². The molecule has 1 fully saturated rings. The third kappa shape index (κ3) is 4.57. The van der Waals surface area contributed by atoms with Crippen molar-refractivity contribution in [3.63, 3.8) is 0 Å². The van der Waals surface area contributed by atoms with Crippen molar-refractivity contribution in [2.24, 2.45) is 11.8 Å². The summed E-state index contributed by atoms with van der Waals surface area (Å²) in [7, 11) is 0. The van der Waals surface area contributed by atoms with Gasteiger partial charge in [0.1, 0.15) is 0 Å². The SMILES string of the molecule is CCc1cccc(C)c1NC(=O)C1CC1C(=O)Nc1cccc(NC(C)=O)c1. The first kappa shape index (κ1) is 19.6. The lowest BCUT2D eigenvalue weighted by molar-refractivity contribution is -0.122. The van der Waals surface area contributed by atoms with E-state index in [9.17, 15) is 14.4 Å². The Hall–Kier alpha value is -3.15. The van der Waals surface area contributed by atoms with Gasteiger partial charge in [0, 0.05) is 24.0 Å². The van der Waals surface area contributed by atoms with E-state index in [2.05, 4.69) is 16.0 Å². The normalized spacial score (nSPS) is 17.5. The molecule has 1 aliphatic carbocycles. The van der Waals surface area contributed by atoms with Gasteiger partial charge in [-0.15, -0.1) is 0 Å². The fraction of sp³-hybridized carbons (Fsp3) is 0.318. The second-order valence-corrected chi connectivity index (χ2v) is 7.15. The average Bonchev–Trinajstić information content (AvgIpc) is 3.44. The van der Waals surface area contributed by atoms with Gasteiger partial charge < -0.3 is 16.0 Å². The Labute approximate surface area is 164 Å². The Morgan fingerprint density at radius 1 is 0.929 bits per heavy atom. The Morgan fingerprint density at radius 2 is 1.54 bits per heavy atom. The second-order valence-electron chi connectivity index (χ2n) is 7.15. The molecular formula is C22H25N3O3. The van der Waals surface area contributed by atoms with Crippen molar-refractivity contribution in [1.29, 1.82) is 0 Å². The largest absolute Gasteiger partial charge is 0.326 e. The van der Waals surface area contributed by atoms with E-state index >= 15 is 0 Å². The minimum absolute atomic E-state index is 0.115. The van der Waals surface area contributed by atoms with Crippen molar-refractivity contribution < 1.29 is 14.4 Å². The van der Waals surface area contributed by atoms with Crippen LogP contribution in [0, 0.1) is 18.8 Å². The van der Waals surface area contributed by atoms with Crippen LogP contribution < -0.4 is 16.0 Å². The molecule has 28 heavy (non-hydrogen) atoms. The monoisotopic (exact) mass is 379 g/mol. The number of carbonyl (C=O) groups excluding carboxylic acids is 3. The van der Waals surface area contributed by atoms with Gasteiger partial charge in [0.25, 0.3) is 0 Å². The van der Waals surface area contributed by atoms with Crippen molar-refractivity contribution in [1.82, 2.24) is 0 Å². The second kappa shape index (κ2) is 8.25. The molecule has 1 aliphatic rings. The predicted octanol–water partition coefficient (Wildman–Crippen LogP) is 3.73. The molecular weight excluding hydrogens is 354 g/mol. The number of nitrogens with one attached hydrogen (secondary N) is 3.